The molecule has 2 heterocycles. The molecule has 0 aliphatic carbocycles. The highest BCUT2D eigenvalue weighted by molar-refractivity contribution is 4.80. The number of hydrogen-bond donors (Lipinski definition) is 1. The van der Waals surface area contributed by atoms with Crippen LogP contribution in [0.3, 0.4) is 0 Å². The van der Waals surface area contributed by atoms with Crippen molar-refractivity contribution in [2.45, 2.75) is 32.6 Å². The third-order valence-electron chi connectivity index (χ3n) is 3.86. The summed E-state index contributed by atoms with van der Waals surface area (Å²) in [6.07, 6.45) is 5.64. The van der Waals surface area contributed by atoms with Gasteiger partial charge in [-0.05, 0) is 50.7 Å². The van der Waals surface area contributed by atoms with E-state index in [-0.39, 0.29) is 0 Å². The predicted octanol–water partition coefficient (Wildman–Crippen LogP) is 1.72. The van der Waals surface area contributed by atoms with Crippen molar-refractivity contribution in [3.63, 3.8) is 0 Å². The second kappa shape index (κ2) is 5.13. The molecular weight excluding hydrogens is 172 g/mol. The first kappa shape index (κ1) is 10.4. The number of rotatable bonds is 4. The smallest absolute Gasteiger partial charge is 0.00219 e. The Bertz CT molecular complexity index is 158. The molecule has 0 bridgehead atoms. The van der Waals surface area contributed by atoms with Gasteiger partial charge in [-0.3, -0.25) is 0 Å². The minimum atomic E-state index is 0.962. The Kier molecular flexibility index (Phi) is 3.82. The third kappa shape index (κ3) is 2.71. The van der Waals surface area contributed by atoms with Crippen LogP contribution in [0, 0.1) is 11.8 Å². The Morgan fingerprint density at radius 1 is 1.29 bits per heavy atom. The van der Waals surface area contributed by atoms with Gasteiger partial charge in [-0.2, -0.15) is 0 Å². The highest BCUT2D eigenvalue weighted by atomic mass is 15.2. The average molecular weight is 196 g/mol. The van der Waals surface area contributed by atoms with Crippen molar-refractivity contribution >= 4 is 0 Å². The Morgan fingerprint density at radius 3 is 2.79 bits per heavy atom. The molecular formula is C12H24N2. The zero-order valence-corrected chi connectivity index (χ0v) is 9.47. The van der Waals surface area contributed by atoms with Crippen LogP contribution in [0.5, 0.6) is 0 Å². The third-order valence-corrected chi connectivity index (χ3v) is 3.86. The molecule has 0 radical (unpaired) electrons. The van der Waals surface area contributed by atoms with Gasteiger partial charge in [0.25, 0.3) is 0 Å². The van der Waals surface area contributed by atoms with Gasteiger partial charge < -0.3 is 10.2 Å². The lowest BCUT2D eigenvalue weighted by atomic mass is 9.93. The Labute approximate surface area is 88.1 Å². The molecule has 14 heavy (non-hydrogen) atoms. The maximum atomic E-state index is 3.50. The molecule has 2 fully saturated rings. The van der Waals surface area contributed by atoms with Crippen LogP contribution in [0.25, 0.3) is 0 Å². The highest BCUT2D eigenvalue weighted by Crippen LogP contribution is 2.21. The van der Waals surface area contributed by atoms with E-state index in [0.29, 0.717) is 0 Å². The fourth-order valence-electron chi connectivity index (χ4n) is 2.65. The van der Waals surface area contributed by atoms with E-state index in [9.17, 15) is 0 Å². The maximum Gasteiger partial charge on any atom is 0.00219 e. The van der Waals surface area contributed by atoms with Crippen LogP contribution in [0.1, 0.15) is 32.6 Å². The standard InChI is InChI=1S/C12H24N2/c1-2-11-9-14(10-11)7-5-12-4-3-6-13-8-12/h11-13H,2-10H2,1H3. The molecule has 2 saturated heterocycles. The van der Waals surface area contributed by atoms with Gasteiger partial charge in [-0.1, -0.05) is 13.3 Å². The van der Waals surface area contributed by atoms with Crippen LogP contribution < -0.4 is 5.32 Å². The SMILES string of the molecule is CCC1CN(CCC2CCCNC2)C1. The molecule has 2 nitrogen and oxygen atoms in total. The molecule has 1 atom stereocenters. The normalized spacial score (nSPS) is 30.2. The second-order valence-corrected chi connectivity index (χ2v) is 5.03. The van der Waals surface area contributed by atoms with E-state index in [4.69, 9.17) is 0 Å². The highest BCUT2D eigenvalue weighted by Gasteiger charge is 2.25. The first-order valence-electron chi connectivity index (χ1n) is 6.31. The fraction of sp³-hybridized carbons (Fsp3) is 1.00. The number of piperidine rings is 1. The molecule has 0 saturated carbocycles. The quantitative estimate of drug-likeness (QED) is 0.736. The number of nitrogens with one attached hydrogen (secondary N) is 1. The summed E-state index contributed by atoms with van der Waals surface area (Å²) < 4.78 is 0. The van der Waals surface area contributed by atoms with Crippen LogP contribution in [-0.2, 0) is 0 Å². The van der Waals surface area contributed by atoms with Crippen LogP contribution in [-0.4, -0.2) is 37.6 Å². The van der Waals surface area contributed by atoms with Crippen LogP contribution in [0.2, 0.25) is 0 Å². The van der Waals surface area contributed by atoms with Gasteiger partial charge in [0, 0.05) is 13.1 Å². The first-order chi connectivity index (χ1) is 6.88. The van der Waals surface area contributed by atoms with Crippen molar-refractivity contribution < 1.29 is 0 Å². The summed E-state index contributed by atoms with van der Waals surface area (Å²) in [5.41, 5.74) is 0. The molecule has 0 amide bonds. The van der Waals surface area contributed by atoms with Gasteiger partial charge in [-0.15, -0.1) is 0 Å². The Hall–Kier alpha value is -0.0800. The molecule has 0 aromatic rings. The van der Waals surface area contributed by atoms with Crippen LogP contribution >= 0.6 is 0 Å². The van der Waals surface area contributed by atoms with Crippen LogP contribution in [0.4, 0.5) is 0 Å². The van der Waals surface area contributed by atoms with E-state index in [2.05, 4.69) is 17.1 Å². The van der Waals surface area contributed by atoms with Gasteiger partial charge in [0.1, 0.15) is 0 Å². The minimum Gasteiger partial charge on any atom is -0.316 e. The maximum absolute atomic E-state index is 3.50. The van der Waals surface area contributed by atoms with E-state index in [1.165, 1.54) is 58.4 Å². The van der Waals surface area contributed by atoms with E-state index in [1.54, 1.807) is 0 Å². The van der Waals surface area contributed by atoms with Crippen molar-refractivity contribution in [2.24, 2.45) is 11.8 Å². The van der Waals surface area contributed by atoms with Gasteiger partial charge in [0.15, 0.2) is 0 Å². The van der Waals surface area contributed by atoms with Crippen molar-refractivity contribution in [3.8, 4) is 0 Å². The molecule has 82 valence electrons. The predicted molar refractivity (Wildman–Crippen MR) is 60.4 cm³/mol. The molecule has 2 aliphatic rings. The van der Waals surface area contributed by atoms with Gasteiger partial charge in [0.05, 0.1) is 0 Å². The molecule has 1 N–H and O–H groups in total. The summed E-state index contributed by atoms with van der Waals surface area (Å²) in [5.74, 6) is 1.98. The lowest BCUT2D eigenvalue weighted by Crippen LogP contribution is -2.47. The lowest BCUT2D eigenvalue weighted by Gasteiger charge is -2.39. The van der Waals surface area contributed by atoms with Crippen LogP contribution in [0.15, 0.2) is 0 Å². The van der Waals surface area contributed by atoms with E-state index in [1.807, 2.05) is 0 Å². The zero-order valence-electron chi connectivity index (χ0n) is 9.47. The minimum absolute atomic E-state index is 0.962. The molecule has 0 spiro atoms. The van der Waals surface area contributed by atoms with E-state index >= 15 is 0 Å². The molecule has 2 rings (SSSR count). The van der Waals surface area contributed by atoms with Gasteiger partial charge >= 0.3 is 0 Å². The number of nitrogens with zero attached hydrogens (tertiary/aromatic N) is 1. The monoisotopic (exact) mass is 196 g/mol. The van der Waals surface area contributed by atoms with Gasteiger partial charge in [-0.25, -0.2) is 0 Å². The zero-order chi connectivity index (χ0) is 9.80. The number of hydrogen-bond acceptors (Lipinski definition) is 2. The van der Waals surface area contributed by atoms with Crippen molar-refractivity contribution in [1.82, 2.24) is 10.2 Å². The molecule has 2 aliphatic heterocycles. The Morgan fingerprint density at radius 2 is 2.14 bits per heavy atom. The summed E-state index contributed by atoms with van der Waals surface area (Å²) in [7, 11) is 0. The first-order valence-corrected chi connectivity index (χ1v) is 6.31. The molecule has 2 heteroatoms. The summed E-state index contributed by atoms with van der Waals surface area (Å²) in [6.45, 7) is 8.92. The fourth-order valence-corrected chi connectivity index (χ4v) is 2.65. The molecule has 0 aromatic heterocycles. The largest absolute Gasteiger partial charge is 0.316 e. The summed E-state index contributed by atoms with van der Waals surface area (Å²) >= 11 is 0. The summed E-state index contributed by atoms with van der Waals surface area (Å²) in [6, 6.07) is 0. The summed E-state index contributed by atoms with van der Waals surface area (Å²) in [5, 5.41) is 3.50. The summed E-state index contributed by atoms with van der Waals surface area (Å²) in [4.78, 5) is 2.63. The van der Waals surface area contributed by atoms with E-state index in [0.717, 1.165) is 11.8 Å². The average Bonchev–Trinajstić information content (AvgIpc) is 2.17. The molecule has 1 unspecified atom stereocenters. The molecule has 0 aromatic carbocycles. The Balaban J connectivity index is 1.54. The number of likely N-dealkylation sites (tertiary alicyclic amines) is 1. The van der Waals surface area contributed by atoms with Crippen molar-refractivity contribution in [3.05, 3.63) is 0 Å². The second-order valence-electron chi connectivity index (χ2n) is 5.03. The van der Waals surface area contributed by atoms with Gasteiger partial charge in [0.2, 0.25) is 0 Å². The van der Waals surface area contributed by atoms with Crippen molar-refractivity contribution in [2.75, 3.05) is 32.7 Å². The van der Waals surface area contributed by atoms with Crippen molar-refractivity contribution in [1.29, 1.82) is 0 Å². The topological polar surface area (TPSA) is 15.3 Å². The van der Waals surface area contributed by atoms with E-state index < -0.39 is 0 Å². The lowest BCUT2D eigenvalue weighted by molar-refractivity contribution is 0.0888.